The van der Waals surface area contributed by atoms with E-state index in [1.54, 1.807) is 12.1 Å². The molecule has 0 heterocycles. The lowest BCUT2D eigenvalue weighted by Gasteiger charge is -2.30. The van der Waals surface area contributed by atoms with Gasteiger partial charge in [-0.05, 0) is 35.6 Å². The Hall–Kier alpha value is -2.69. The van der Waals surface area contributed by atoms with Crippen LogP contribution in [-0.2, 0) is 16.1 Å². The van der Waals surface area contributed by atoms with Gasteiger partial charge in [-0.15, -0.1) is 0 Å². The van der Waals surface area contributed by atoms with Gasteiger partial charge in [0.05, 0.1) is 0 Å². The van der Waals surface area contributed by atoms with Crippen molar-refractivity contribution in [3.8, 4) is 0 Å². The second-order valence-electron chi connectivity index (χ2n) is 7.06. The van der Waals surface area contributed by atoms with Gasteiger partial charge in [0.2, 0.25) is 11.8 Å². The summed E-state index contributed by atoms with van der Waals surface area (Å²) in [7, 11) is 0. The van der Waals surface area contributed by atoms with E-state index in [1.165, 1.54) is 24.0 Å². The van der Waals surface area contributed by atoms with Crippen molar-refractivity contribution >= 4 is 11.8 Å². The number of carbonyl (C=O) groups excluding carboxylic acids is 2. The maximum absolute atomic E-state index is 13.2. The van der Waals surface area contributed by atoms with Gasteiger partial charge >= 0.3 is 0 Å². The van der Waals surface area contributed by atoms with E-state index in [2.05, 4.69) is 19.2 Å². The van der Waals surface area contributed by atoms with Gasteiger partial charge in [0.1, 0.15) is 11.9 Å². The molecule has 0 radical (unpaired) electrons. The van der Waals surface area contributed by atoms with Crippen LogP contribution in [-0.4, -0.2) is 23.3 Å². The highest BCUT2D eigenvalue weighted by Gasteiger charge is 2.29. The molecule has 0 fully saturated rings. The molecule has 27 heavy (non-hydrogen) atoms. The third-order valence-electron chi connectivity index (χ3n) is 4.37. The monoisotopic (exact) mass is 370 g/mol. The van der Waals surface area contributed by atoms with Gasteiger partial charge < -0.3 is 10.2 Å². The summed E-state index contributed by atoms with van der Waals surface area (Å²) >= 11 is 0. The van der Waals surface area contributed by atoms with Gasteiger partial charge in [0, 0.05) is 20.0 Å². The minimum Gasteiger partial charge on any atom is -0.354 e. The Labute approximate surface area is 160 Å². The molecule has 0 aliphatic rings. The lowest BCUT2D eigenvalue weighted by atomic mass is 10.0. The number of nitrogens with one attached hydrogen (secondary N) is 1. The molecule has 5 heteroatoms. The highest BCUT2D eigenvalue weighted by molar-refractivity contribution is 5.88. The van der Waals surface area contributed by atoms with E-state index in [-0.39, 0.29) is 24.2 Å². The zero-order chi connectivity index (χ0) is 19.8. The van der Waals surface area contributed by atoms with Crippen molar-refractivity contribution in [1.29, 1.82) is 0 Å². The van der Waals surface area contributed by atoms with E-state index in [0.717, 1.165) is 17.5 Å². The van der Waals surface area contributed by atoms with Gasteiger partial charge in [-0.1, -0.05) is 56.3 Å². The number of hydrogen-bond acceptors (Lipinski definition) is 2. The smallest absolute Gasteiger partial charge is 0.247 e. The molecule has 1 atom stereocenters. The molecule has 1 N–H and O–H groups in total. The average molecular weight is 370 g/mol. The van der Waals surface area contributed by atoms with Crippen molar-refractivity contribution < 1.29 is 14.0 Å². The minimum atomic E-state index is -0.735. The van der Waals surface area contributed by atoms with Crippen LogP contribution in [0.2, 0.25) is 0 Å². The normalized spacial score (nSPS) is 11.9. The predicted octanol–water partition coefficient (Wildman–Crippen LogP) is 4.08. The molecular formula is C22H27FN2O2. The lowest BCUT2D eigenvalue weighted by molar-refractivity contribution is -0.140. The lowest BCUT2D eigenvalue weighted by Crippen LogP contribution is -2.43. The molecule has 0 aliphatic carbocycles. The van der Waals surface area contributed by atoms with E-state index in [9.17, 15) is 14.0 Å². The van der Waals surface area contributed by atoms with Crippen LogP contribution in [0.1, 0.15) is 44.4 Å². The Balaban J connectivity index is 2.28. The quantitative estimate of drug-likeness (QED) is 0.761. The van der Waals surface area contributed by atoms with Gasteiger partial charge in [-0.25, -0.2) is 4.39 Å². The van der Waals surface area contributed by atoms with Crippen LogP contribution in [0.5, 0.6) is 0 Å². The number of halogens is 1. The van der Waals surface area contributed by atoms with Crippen LogP contribution >= 0.6 is 0 Å². The predicted molar refractivity (Wildman–Crippen MR) is 104 cm³/mol. The fraction of sp³-hybridized carbons (Fsp3) is 0.364. The Morgan fingerprint density at radius 1 is 1.04 bits per heavy atom. The number of nitrogens with zero attached hydrogens (tertiary/aromatic N) is 1. The molecule has 144 valence electrons. The van der Waals surface area contributed by atoms with Gasteiger partial charge in [0.15, 0.2) is 0 Å². The zero-order valence-electron chi connectivity index (χ0n) is 16.1. The minimum absolute atomic E-state index is 0.209. The number of hydrogen-bond donors (Lipinski definition) is 1. The number of carbonyl (C=O) groups is 2. The maximum Gasteiger partial charge on any atom is 0.247 e. The summed E-state index contributed by atoms with van der Waals surface area (Å²) < 4.78 is 13.2. The fourth-order valence-electron chi connectivity index (χ4n) is 2.86. The van der Waals surface area contributed by atoms with Crippen LogP contribution in [0, 0.1) is 11.7 Å². The zero-order valence-corrected chi connectivity index (χ0v) is 16.1. The Morgan fingerprint density at radius 2 is 1.67 bits per heavy atom. The summed E-state index contributed by atoms with van der Waals surface area (Å²) in [4.78, 5) is 26.9. The van der Waals surface area contributed by atoms with Crippen LogP contribution in [0.25, 0.3) is 0 Å². The van der Waals surface area contributed by atoms with Crippen molar-refractivity contribution in [2.75, 3.05) is 6.54 Å². The van der Waals surface area contributed by atoms with Crippen molar-refractivity contribution in [2.24, 2.45) is 5.92 Å². The van der Waals surface area contributed by atoms with Crippen LogP contribution in [0.15, 0.2) is 54.6 Å². The van der Waals surface area contributed by atoms with Gasteiger partial charge in [0.25, 0.3) is 0 Å². The molecule has 0 spiro atoms. The third-order valence-corrected chi connectivity index (χ3v) is 4.37. The molecule has 4 nitrogen and oxygen atoms in total. The van der Waals surface area contributed by atoms with E-state index in [1.807, 2.05) is 30.3 Å². The molecule has 0 saturated heterocycles. The van der Waals surface area contributed by atoms with E-state index >= 15 is 0 Å². The SMILES string of the molecule is CC(=O)N(Cc1ccc(F)cc1)C(C(=O)NCCC(C)C)c1ccccc1. The number of amides is 2. The van der Waals surface area contributed by atoms with Crippen molar-refractivity contribution in [3.05, 3.63) is 71.5 Å². The highest BCUT2D eigenvalue weighted by atomic mass is 19.1. The Bertz CT molecular complexity index is 745. The van der Waals surface area contributed by atoms with Gasteiger partial charge in [-0.3, -0.25) is 9.59 Å². The average Bonchev–Trinajstić information content (AvgIpc) is 2.63. The molecule has 2 rings (SSSR count). The first-order chi connectivity index (χ1) is 12.9. The molecule has 1 unspecified atom stereocenters. The first kappa shape index (κ1) is 20.6. The van der Waals surface area contributed by atoms with Crippen molar-refractivity contribution in [1.82, 2.24) is 10.2 Å². The standard InChI is InChI=1S/C22H27FN2O2/c1-16(2)13-14-24-22(27)21(19-7-5-4-6-8-19)25(17(3)26)15-18-9-11-20(23)12-10-18/h4-12,16,21H,13-15H2,1-3H3,(H,24,27). The Morgan fingerprint density at radius 3 is 2.22 bits per heavy atom. The van der Waals surface area contributed by atoms with E-state index in [0.29, 0.717) is 12.5 Å². The summed E-state index contributed by atoms with van der Waals surface area (Å²) in [5, 5.41) is 2.95. The second kappa shape index (κ2) is 9.86. The molecule has 2 aromatic rings. The summed E-state index contributed by atoms with van der Waals surface area (Å²) in [5.74, 6) is -0.283. The summed E-state index contributed by atoms with van der Waals surface area (Å²) in [6, 6.07) is 14.5. The first-order valence-corrected chi connectivity index (χ1v) is 9.22. The van der Waals surface area contributed by atoms with Crippen LogP contribution < -0.4 is 5.32 Å². The number of benzene rings is 2. The van der Waals surface area contributed by atoms with E-state index in [4.69, 9.17) is 0 Å². The molecule has 0 aromatic heterocycles. The summed E-state index contributed by atoms with van der Waals surface area (Å²) in [6.07, 6.45) is 0.866. The third kappa shape index (κ3) is 6.20. The first-order valence-electron chi connectivity index (χ1n) is 9.22. The molecule has 2 aromatic carbocycles. The van der Waals surface area contributed by atoms with Gasteiger partial charge in [-0.2, -0.15) is 0 Å². The second-order valence-corrected chi connectivity index (χ2v) is 7.06. The molecule has 0 aliphatic heterocycles. The molecule has 0 bridgehead atoms. The van der Waals surface area contributed by atoms with Crippen molar-refractivity contribution in [3.63, 3.8) is 0 Å². The molecule has 0 saturated carbocycles. The largest absolute Gasteiger partial charge is 0.354 e. The highest BCUT2D eigenvalue weighted by Crippen LogP contribution is 2.24. The molecular weight excluding hydrogens is 343 g/mol. The molecule has 2 amide bonds. The maximum atomic E-state index is 13.2. The topological polar surface area (TPSA) is 49.4 Å². The number of rotatable bonds is 8. The summed E-state index contributed by atoms with van der Waals surface area (Å²) in [6.45, 7) is 6.42. The Kier molecular flexibility index (Phi) is 7.53. The fourth-order valence-corrected chi connectivity index (χ4v) is 2.86. The van der Waals surface area contributed by atoms with Crippen LogP contribution in [0.4, 0.5) is 4.39 Å². The van der Waals surface area contributed by atoms with Crippen molar-refractivity contribution in [2.45, 2.75) is 39.8 Å². The van der Waals surface area contributed by atoms with E-state index < -0.39 is 6.04 Å². The van der Waals surface area contributed by atoms with Crippen LogP contribution in [0.3, 0.4) is 0 Å². The summed E-state index contributed by atoms with van der Waals surface area (Å²) in [5.41, 5.74) is 1.51.